The van der Waals surface area contributed by atoms with Crippen molar-refractivity contribution in [1.82, 2.24) is 0 Å². The van der Waals surface area contributed by atoms with E-state index in [2.05, 4.69) is 10.2 Å². The van der Waals surface area contributed by atoms with Gasteiger partial charge in [-0.2, -0.15) is 0 Å². The molecule has 0 aliphatic carbocycles. The van der Waals surface area contributed by atoms with Gasteiger partial charge >= 0.3 is 0 Å². The molecule has 0 aromatic rings. The van der Waals surface area contributed by atoms with Crippen LogP contribution in [-0.2, 0) is 9.47 Å². The Morgan fingerprint density at radius 2 is 2.36 bits per heavy atom. The Labute approximate surface area is 71.7 Å². The minimum Gasteiger partial charge on any atom is -0.353 e. The number of rotatable bonds is 4. The lowest BCUT2D eigenvalue weighted by Gasteiger charge is -2.22. The van der Waals surface area contributed by atoms with E-state index in [9.17, 15) is 0 Å². The van der Waals surface area contributed by atoms with Crippen LogP contribution in [0.5, 0.6) is 0 Å². The largest absolute Gasteiger partial charge is 0.353 e. The van der Waals surface area contributed by atoms with Gasteiger partial charge in [-0.3, -0.25) is 0 Å². The second-order valence-corrected chi connectivity index (χ2v) is 3.27. The van der Waals surface area contributed by atoms with Crippen molar-refractivity contribution in [3.63, 3.8) is 0 Å². The molecule has 0 spiro atoms. The standard InChI is InChI=1S/C8H15O2Si/c11-7-3-6-10-8-4-1-2-5-9-8/h8H,1-7H2. The van der Waals surface area contributed by atoms with Crippen LogP contribution in [0.3, 0.4) is 0 Å². The zero-order valence-corrected chi connectivity index (χ0v) is 7.84. The third-order valence-corrected chi connectivity index (χ3v) is 2.12. The molecule has 3 heteroatoms. The van der Waals surface area contributed by atoms with Crippen LogP contribution in [0.2, 0.25) is 6.04 Å². The quantitative estimate of drug-likeness (QED) is 0.471. The summed E-state index contributed by atoms with van der Waals surface area (Å²) in [5.41, 5.74) is 0. The van der Waals surface area contributed by atoms with Crippen LogP contribution in [-0.4, -0.2) is 29.7 Å². The second kappa shape index (κ2) is 5.74. The van der Waals surface area contributed by atoms with E-state index < -0.39 is 0 Å². The summed E-state index contributed by atoms with van der Waals surface area (Å²) in [4.78, 5) is 0. The topological polar surface area (TPSA) is 18.5 Å². The fraction of sp³-hybridized carbons (Fsp3) is 1.00. The maximum Gasteiger partial charge on any atom is 0.157 e. The molecule has 1 aliphatic rings. The van der Waals surface area contributed by atoms with Gasteiger partial charge in [-0.25, -0.2) is 0 Å². The molecule has 1 atom stereocenters. The summed E-state index contributed by atoms with van der Waals surface area (Å²) >= 11 is 0. The highest BCUT2D eigenvalue weighted by molar-refractivity contribution is 6.08. The second-order valence-electron chi connectivity index (χ2n) is 2.77. The van der Waals surface area contributed by atoms with E-state index in [1.807, 2.05) is 0 Å². The van der Waals surface area contributed by atoms with Gasteiger partial charge in [0.05, 0.1) is 0 Å². The molecule has 2 nitrogen and oxygen atoms in total. The average Bonchev–Trinajstić information content (AvgIpc) is 2.07. The van der Waals surface area contributed by atoms with Crippen LogP contribution in [0.4, 0.5) is 0 Å². The van der Waals surface area contributed by atoms with Crippen molar-refractivity contribution in [1.29, 1.82) is 0 Å². The highest BCUT2D eigenvalue weighted by Crippen LogP contribution is 2.13. The fourth-order valence-electron chi connectivity index (χ4n) is 1.13. The molecule has 1 saturated heterocycles. The maximum atomic E-state index is 5.47. The lowest BCUT2D eigenvalue weighted by atomic mass is 10.2. The number of hydrogen-bond donors (Lipinski definition) is 0. The van der Waals surface area contributed by atoms with Crippen LogP contribution in [0.1, 0.15) is 25.7 Å². The maximum absolute atomic E-state index is 5.47. The summed E-state index contributed by atoms with van der Waals surface area (Å²) in [5.74, 6) is 0. The Morgan fingerprint density at radius 1 is 1.45 bits per heavy atom. The highest BCUT2D eigenvalue weighted by atomic mass is 28.1. The van der Waals surface area contributed by atoms with Gasteiger partial charge in [0.25, 0.3) is 0 Å². The first-order valence-electron chi connectivity index (χ1n) is 4.31. The van der Waals surface area contributed by atoms with Gasteiger partial charge in [0.15, 0.2) is 6.29 Å². The molecule has 1 heterocycles. The smallest absolute Gasteiger partial charge is 0.157 e. The van der Waals surface area contributed by atoms with Crippen LogP contribution in [0, 0.1) is 0 Å². The molecular weight excluding hydrogens is 156 g/mol. The molecule has 3 radical (unpaired) electrons. The van der Waals surface area contributed by atoms with Crippen molar-refractivity contribution < 1.29 is 9.47 Å². The molecule has 0 N–H and O–H groups in total. The molecule has 1 aliphatic heterocycles. The normalized spacial score (nSPS) is 25.4. The molecular formula is C8H15O2Si. The van der Waals surface area contributed by atoms with Gasteiger partial charge in [-0.05, 0) is 25.7 Å². The van der Waals surface area contributed by atoms with Gasteiger partial charge in [0.2, 0.25) is 0 Å². The molecule has 63 valence electrons. The van der Waals surface area contributed by atoms with Crippen LogP contribution >= 0.6 is 0 Å². The SMILES string of the molecule is [Si]CCCOC1CCCCO1. The van der Waals surface area contributed by atoms with Crippen LogP contribution < -0.4 is 0 Å². The highest BCUT2D eigenvalue weighted by Gasteiger charge is 2.12. The first kappa shape index (κ1) is 9.23. The molecule has 0 saturated carbocycles. The van der Waals surface area contributed by atoms with Crippen LogP contribution in [0.15, 0.2) is 0 Å². The van der Waals surface area contributed by atoms with Crippen molar-refractivity contribution in [3.8, 4) is 0 Å². The summed E-state index contributed by atoms with van der Waals surface area (Å²) in [6, 6.07) is 1.01. The van der Waals surface area contributed by atoms with E-state index >= 15 is 0 Å². The lowest BCUT2D eigenvalue weighted by Crippen LogP contribution is -2.22. The van der Waals surface area contributed by atoms with Crippen molar-refractivity contribution in [3.05, 3.63) is 0 Å². The monoisotopic (exact) mass is 171 g/mol. The Hall–Kier alpha value is 0.137. The molecule has 1 fully saturated rings. The zero-order valence-electron chi connectivity index (χ0n) is 6.84. The van der Waals surface area contributed by atoms with E-state index in [4.69, 9.17) is 9.47 Å². The molecule has 0 bridgehead atoms. The molecule has 11 heavy (non-hydrogen) atoms. The van der Waals surface area contributed by atoms with Crippen molar-refractivity contribution in [2.24, 2.45) is 0 Å². The van der Waals surface area contributed by atoms with E-state index in [0.29, 0.717) is 0 Å². The Kier molecular flexibility index (Phi) is 4.82. The van der Waals surface area contributed by atoms with Gasteiger partial charge in [0, 0.05) is 23.5 Å². The van der Waals surface area contributed by atoms with Gasteiger partial charge in [-0.15, -0.1) is 0 Å². The van der Waals surface area contributed by atoms with Crippen molar-refractivity contribution in [2.75, 3.05) is 13.2 Å². The Morgan fingerprint density at radius 3 is 3.00 bits per heavy atom. The van der Waals surface area contributed by atoms with Crippen molar-refractivity contribution in [2.45, 2.75) is 38.0 Å². The lowest BCUT2D eigenvalue weighted by molar-refractivity contribution is -0.162. The van der Waals surface area contributed by atoms with Gasteiger partial charge in [-0.1, -0.05) is 6.04 Å². The van der Waals surface area contributed by atoms with E-state index in [1.54, 1.807) is 0 Å². The zero-order chi connectivity index (χ0) is 7.94. The Bertz CT molecular complexity index is 92.1. The summed E-state index contributed by atoms with van der Waals surface area (Å²) in [5, 5.41) is 0. The van der Waals surface area contributed by atoms with Gasteiger partial charge in [0.1, 0.15) is 0 Å². The first-order valence-corrected chi connectivity index (χ1v) is 5.02. The van der Waals surface area contributed by atoms with E-state index in [1.165, 1.54) is 12.8 Å². The van der Waals surface area contributed by atoms with Crippen LogP contribution in [0.25, 0.3) is 0 Å². The minimum absolute atomic E-state index is 0.0852. The van der Waals surface area contributed by atoms with E-state index in [-0.39, 0.29) is 6.29 Å². The first-order chi connectivity index (χ1) is 5.43. The number of hydrogen-bond acceptors (Lipinski definition) is 2. The average molecular weight is 171 g/mol. The van der Waals surface area contributed by atoms with E-state index in [0.717, 1.165) is 32.1 Å². The van der Waals surface area contributed by atoms with Crippen molar-refractivity contribution >= 4 is 10.2 Å². The summed E-state index contributed by atoms with van der Waals surface area (Å²) in [6.45, 7) is 1.69. The Balaban J connectivity index is 1.96. The predicted octanol–water partition coefficient (Wildman–Crippen LogP) is 1.51. The summed E-state index contributed by atoms with van der Waals surface area (Å²) in [6.07, 6.45) is 4.66. The molecule has 1 rings (SSSR count). The predicted molar refractivity (Wildman–Crippen MR) is 44.7 cm³/mol. The molecule has 0 aromatic carbocycles. The third kappa shape index (κ3) is 3.89. The fourth-order valence-corrected chi connectivity index (χ4v) is 1.27. The summed E-state index contributed by atoms with van der Waals surface area (Å²) in [7, 11) is 3.40. The molecule has 1 unspecified atom stereocenters. The third-order valence-electron chi connectivity index (χ3n) is 1.76. The number of ether oxygens (including phenoxy) is 2. The minimum atomic E-state index is 0.0852. The summed E-state index contributed by atoms with van der Waals surface area (Å²) < 4.78 is 10.9. The molecule has 0 amide bonds. The van der Waals surface area contributed by atoms with Gasteiger partial charge < -0.3 is 9.47 Å². The molecule has 0 aromatic heterocycles.